The number of piperidine rings is 1. The van der Waals surface area contributed by atoms with Gasteiger partial charge in [-0.15, -0.1) is 0 Å². The minimum atomic E-state index is -0.516. The molecule has 2 N–H and O–H groups in total. The molecular formula is C16H23N4O4P. The first-order chi connectivity index (χ1) is 12.2. The molecule has 0 saturated carbocycles. The van der Waals surface area contributed by atoms with E-state index in [0.29, 0.717) is 32.7 Å². The second-order valence-corrected chi connectivity index (χ2v) is 6.44. The molecule has 8 nitrogen and oxygen atoms in total. The highest BCUT2D eigenvalue weighted by Gasteiger charge is 2.47. The highest BCUT2D eigenvalue weighted by atomic mass is 31.0. The maximum absolute atomic E-state index is 12.6. The zero-order chi connectivity index (χ0) is 17.6. The summed E-state index contributed by atoms with van der Waals surface area (Å²) >= 11 is 0. The summed E-state index contributed by atoms with van der Waals surface area (Å²) in [5.74, 6) is -0.291. The lowest BCUT2D eigenvalue weighted by Crippen LogP contribution is -2.49. The first-order valence-corrected chi connectivity index (χ1v) is 8.90. The summed E-state index contributed by atoms with van der Waals surface area (Å²) in [6, 6.07) is 8.91. The highest BCUT2D eigenvalue weighted by molar-refractivity contribution is 7.13. The Morgan fingerprint density at radius 1 is 1.28 bits per heavy atom. The van der Waals surface area contributed by atoms with Gasteiger partial charge in [0.25, 0.3) is 5.91 Å². The van der Waals surface area contributed by atoms with Crippen molar-refractivity contribution in [1.29, 1.82) is 0 Å². The minimum absolute atomic E-state index is 0.0116. The third kappa shape index (κ3) is 4.27. The van der Waals surface area contributed by atoms with Crippen LogP contribution >= 0.6 is 9.39 Å². The summed E-state index contributed by atoms with van der Waals surface area (Å²) < 4.78 is 0. The fourth-order valence-electron chi connectivity index (χ4n) is 3.09. The van der Waals surface area contributed by atoms with E-state index in [1.165, 1.54) is 5.06 Å². The van der Waals surface area contributed by atoms with Crippen LogP contribution in [0.1, 0.15) is 18.4 Å². The number of carbonyl (C=O) groups is 2. The van der Waals surface area contributed by atoms with Gasteiger partial charge in [-0.2, -0.15) is 5.06 Å². The summed E-state index contributed by atoms with van der Waals surface area (Å²) in [7, 11) is 2.36. The molecule has 0 aliphatic carbocycles. The fourth-order valence-corrected chi connectivity index (χ4v) is 3.21. The van der Waals surface area contributed by atoms with Crippen LogP contribution in [0.15, 0.2) is 30.3 Å². The van der Waals surface area contributed by atoms with E-state index >= 15 is 0 Å². The molecule has 2 bridgehead atoms. The second-order valence-electron chi connectivity index (χ2n) is 6.04. The van der Waals surface area contributed by atoms with Gasteiger partial charge in [0.2, 0.25) is 0 Å². The second kappa shape index (κ2) is 8.58. The number of hydrogen-bond acceptors (Lipinski definition) is 5. The van der Waals surface area contributed by atoms with Crippen LogP contribution in [0, 0.1) is 0 Å². The van der Waals surface area contributed by atoms with Gasteiger partial charge in [-0.25, -0.2) is 10.3 Å². The Morgan fingerprint density at radius 3 is 2.84 bits per heavy atom. The molecule has 1 unspecified atom stereocenters. The van der Waals surface area contributed by atoms with E-state index < -0.39 is 6.04 Å². The van der Waals surface area contributed by atoms with Gasteiger partial charge in [0.15, 0.2) is 0 Å². The number of urea groups is 1. The van der Waals surface area contributed by atoms with Gasteiger partial charge in [-0.05, 0) is 18.4 Å². The molecule has 2 saturated heterocycles. The van der Waals surface area contributed by atoms with Crippen molar-refractivity contribution in [3.8, 4) is 0 Å². The lowest BCUT2D eigenvalue weighted by molar-refractivity contribution is -0.141. The van der Waals surface area contributed by atoms with Gasteiger partial charge >= 0.3 is 6.03 Å². The van der Waals surface area contributed by atoms with Crippen molar-refractivity contribution in [3.05, 3.63) is 35.9 Å². The van der Waals surface area contributed by atoms with Crippen molar-refractivity contribution in [2.45, 2.75) is 31.5 Å². The standard InChI is InChI=1S/C16H23N4O4P/c21-15(18-23-9-8-17-25)14-7-6-13-10-19(14)16(22)20(13)24-11-12-4-2-1-3-5-12/h1-5,13-14,17H,6-11,25H2,(H,18,21)/t13-,14-/m0/s1. The number of carbonyl (C=O) groups excluding carboxylic acids is 2. The van der Waals surface area contributed by atoms with Crippen LogP contribution in [0.4, 0.5) is 4.79 Å². The number of benzene rings is 1. The van der Waals surface area contributed by atoms with Gasteiger partial charge in [0.05, 0.1) is 12.6 Å². The van der Waals surface area contributed by atoms with Gasteiger partial charge in [0, 0.05) is 13.1 Å². The van der Waals surface area contributed by atoms with Crippen LogP contribution in [0.2, 0.25) is 0 Å². The van der Waals surface area contributed by atoms with Crippen molar-refractivity contribution in [2.24, 2.45) is 0 Å². The van der Waals surface area contributed by atoms with E-state index in [2.05, 4.69) is 20.0 Å². The largest absolute Gasteiger partial charge is 0.345 e. The van der Waals surface area contributed by atoms with Crippen molar-refractivity contribution in [1.82, 2.24) is 20.5 Å². The van der Waals surface area contributed by atoms with Gasteiger partial charge in [-0.1, -0.05) is 39.7 Å². The highest BCUT2D eigenvalue weighted by Crippen LogP contribution is 2.30. The van der Waals surface area contributed by atoms with E-state index in [1.807, 2.05) is 30.3 Å². The van der Waals surface area contributed by atoms with Gasteiger partial charge in [0.1, 0.15) is 12.6 Å². The number of rotatable bonds is 8. The molecule has 3 rings (SSSR count). The molecule has 1 aromatic rings. The molecule has 25 heavy (non-hydrogen) atoms. The van der Waals surface area contributed by atoms with E-state index in [1.54, 1.807) is 4.90 Å². The Morgan fingerprint density at radius 2 is 2.08 bits per heavy atom. The quantitative estimate of drug-likeness (QED) is 0.404. The van der Waals surface area contributed by atoms with Crippen LogP contribution in [0.3, 0.4) is 0 Å². The normalized spacial score (nSPS) is 22.4. The Labute approximate surface area is 149 Å². The topological polar surface area (TPSA) is 83.1 Å². The Hall–Kier alpha value is -1.73. The SMILES string of the molecule is O=C(NOCCNP)[C@@H]1CC[C@H]2CN1C(=O)N2OCc1ccccc1. The third-order valence-electron chi connectivity index (χ3n) is 4.36. The maximum Gasteiger partial charge on any atom is 0.345 e. The number of hydrogen-bond donors (Lipinski definition) is 2. The zero-order valence-corrected chi connectivity index (χ0v) is 15.0. The number of hydroxylamine groups is 3. The molecule has 3 atom stereocenters. The first-order valence-electron chi connectivity index (χ1n) is 8.32. The molecule has 2 aliphatic heterocycles. The molecule has 0 spiro atoms. The molecule has 136 valence electrons. The van der Waals surface area contributed by atoms with Crippen molar-refractivity contribution >= 4 is 21.3 Å². The monoisotopic (exact) mass is 366 g/mol. The minimum Gasteiger partial charge on any atom is -0.309 e. The van der Waals surface area contributed by atoms with Crippen LogP contribution in [-0.4, -0.2) is 53.7 Å². The third-order valence-corrected chi connectivity index (χ3v) is 4.65. The molecule has 0 aromatic heterocycles. The molecule has 2 fully saturated rings. The van der Waals surface area contributed by atoms with Crippen molar-refractivity contribution < 1.29 is 19.3 Å². The summed E-state index contributed by atoms with van der Waals surface area (Å²) in [6.07, 6.45) is 1.32. The maximum atomic E-state index is 12.6. The summed E-state index contributed by atoms with van der Waals surface area (Å²) in [6.45, 7) is 1.78. The lowest BCUT2D eigenvalue weighted by Gasteiger charge is -2.28. The molecule has 9 heteroatoms. The zero-order valence-electron chi connectivity index (χ0n) is 13.9. The Bertz CT molecular complexity index is 603. The predicted molar refractivity (Wildman–Crippen MR) is 93.8 cm³/mol. The Kier molecular flexibility index (Phi) is 6.20. The lowest BCUT2D eigenvalue weighted by atomic mass is 10.0. The summed E-state index contributed by atoms with van der Waals surface area (Å²) in [4.78, 5) is 37.2. The van der Waals surface area contributed by atoms with Crippen molar-refractivity contribution in [3.63, 3.8) is 0 Å². The van der Waals surface area contributed by atoms with E-state index in [-0.39, 0.29) is 18.0 Å². The molecule has 1 aromatic carbocycles. The van der Waals surface area contributed by atoms with E-state index in [0.717, 1.165) is 12.0 Å². The van der Waals surface area contributed by atoms with Crippen LogP contribution in [0.25, 0.3) is 0 Å². The van der Waals surface area contributed by atoms with Crippen molar-refractivity contribution in [2.75, 3.05) is 19.7 Å². The van der Waals surface area contributed by atoms with Gasteiger partial charge < -0.3 is 4.90 Å². The summed E-state index contributed by atoms with van der Waals surface area (Å²) in [5.41, 5.74) is 3.42. The van der Waals surface area contributed by atoms with Crippen LogP contribution in [-0.2, 0) is 21.1 Å². The Balaban J connectivity index is 1.54. The number of nitrogens with one attached hydrogen (secondary N) is 2. The van der Waals surface area contributed by atoms with Gasteiger partial charge in [-0.3, -0.25) is 19.6 Å². The smallest absolute Gasteiger partial charge is 0.309 e. The number of amides is 3. The predicted octanol–water partition coefficient (Wildman–Crippen LogP) is 0.814. The molecule has 3 amide bonds. The van der Waals surface area contributed by atoms with Crippen LogP contribution in [0.5, 0.6) is 0 Å². The molecular weight excluding hydrogens is 343 g/mol. The molecule has 0 radical (unpaired) electrons. The fraction of sp³-hybridized carbons (Fsp3) is 0.500. The average Bonchev–Trinajstić information content (AvgIpc) is 2.88. The van der Waals surface area contributed by atoms with Crippen LogP contribution < -0.4 is 10.6 Å². The molecule has 2 heterocycles. The number of nitrogens with zero attached hydrogens (tertiary/aromatic N) is 2. The average molecular weight is 366 g/mol. The number of fused-ring (bicyclic) bond motifs is 2. The van der Waals surface area contributed by atoms with E-state index in [9.17, 15) is 9.59 Å². The molecule has 2 aliphatic rings. The summed E-state index contributed by atoms with van der Waals surface area (Å²) in [5, 5.41) is 4.26. The first kappa shape index (κ1) is 18.1. The van der Waals surface area contributed by atoms with E-state index in [4.69, 9.17) is 9.68 Å².